The van der Waals surface area contributed by atoms with Crippen LogP contribution < -0.4 is 11.1 Å². The van der Waals surface area contributed by atoms with Crippen LogP contribution in [0.2, 0.25) is 0 Å². The lowest BCUT2D eigenvalue weighted by molar-refractivity contribution is -0.120. The first-order chi connectivity index (χ1) is 11.0. The monoisotopic (exact) mass is 320 g/mol. The molecule has 1 aliphatic heterocycles. The average Bonchev–Trinajstić information content (AvgIpc) is 2.53. The van der Waals surface area contributed by atoms with Gasteiger partial charge in [-0.2, -0.15) is 0 Å². The molecule has 1 atom stereocenters. The van der Waals surface area contributed by atoms with E-state index in [4.69, 9.17) is 10.5 Å². The molecule has 0 saturated carbocycles. The van der Waals surface area contributed by atoms with Crippen molar-refractivity contribution in [1.29, 1.82) is 0 Å². The number of nitrogens with two attached hydrogens (primary N) is 1. The fourth-order valence-corrected chi connectivity index (χ4v) is 2.45. The molecular formula is C16H24N4O3. The summed E-state index contributed by atoms with van der Waals surface area (Å²) in [6, 6.07) is 2.85. The van der Waals surface area contributed by atoms with Crippen molar-refractivity contribution in [2.45, 2.75) is 26.4 Å². The lowest BCUT2D eigenvalue weighted by atomic mass is 10.0. The Labute approximate surface area is 136 Å². The van der Waals surface area contributed by atoms with Crippen molar-refractivity contribution in [3.05, 3.63) is 29.6 Å². The minimum Gasteiger partial charge on any atom is -0.379 e. The Hall–Kier alpha value is -1.99. The van der Waals surface area contributed by atoms with Crippen molar-refractivity contribution in [2.75, 3.05) is 26.3 Å². The lowest BCUT2D eigenvalue weighted by Crippen LogP contribution is -2.47. The average molecular weight is 320 g/mol. The van der Waals surface area contributed by atoms with Gasteiger partial charge in [0, 0.05) is 25.8 Å². The number of morpholine rings is 1. The molecule has 1 aliphatic rings. The van der Waals surface area contributed by atoms with Crippen molar-refractivity contribution in [3.63, 3.8) is 0 Å². The summed E-state index contributed by atoms with van der Waals surface area (Å²) in [6.07, 6.45) is 1.69. The summed E-state index contributed by atoms with van der Waals surface area (Å²) in [6.45, 7) is 7.74. The van der Waals surface area contributed by atoms with Gasteiger partial charge in [-0.15, -0.1) is 0 Å². The van der Waals surface area contributed by atoms with Gasteiger partial charge in [-0.3, -0.25) is 19.5 Å². The highest BCUT2D eigenvalue weighted by molar-refractivity contribution is 5.95. The summed E-state index contributed by atoms with van der Waals surface area (Å²) in [5.41, 5.74) is 6.62. The smallest absolute Gasteiger partial charge is 0.270 e. The van der Waals surface area contributed by atoms with E-state index < -0.39 is 11.9 Å². The third-order valence-electron chi connectivity index (χ3n) is 3.83. The van der Waals surface area contributed by atoms with Crippen LogP contribution in [0.4, 0.5) is 0 Å². The molecule has 0 radical (unpaired) electrons. The van der Waals surface area contributed by atoms with Crippen LogP contribution in [-0.2, 0) is 16.1 Å². The number of nitrogens with zero attached hydrogens (tertiary/aromatic N) is 2. The SMILES string of the molecule is CC(C)[C@H](NC(=O)c1ccc(CN2CCOCC2)cn1)C(N)=O. The van der Waals surface area contributed by atoms with E-state index in [-0.39, 0.29) is 17.5 Å². The minimum atomic E-state index is -0.697. The largest absolute Gasteiger partial charge is 0.379 e. The predicted molar refractivity (Wildman–Crippen MR) is 85.6 cm³/mol. The first kappa shape index (κ1) is 17.4. The maximum absolute atomic E-state index is 12.2. The Morgan fingerprint density at radius 1 is 1.35 bits per heavy atom. The summed E-state index contributed by atoms with van der Waals surface area (Å²) >= 11 is 0. The molecule has 1 aromatic heterocycles. The Balaban J connectivity index is 1.95. The molecule has 2 heterocycles. The predicted octanol–water partition coefficient (Wildman–Crippen LogP) is 0.154. The van der Waals surface area contributed by atoms with Gasteiger partial charge in [0.15, 0.2) is 0 Å². The van der Waals surface area contributed by atoms with E-state index in [0.717, 1.165) is 38.4 Å². The van der Waals surface area contributed by atoms with Gasteiger partial charge in [0.1, 0.15) is 11.7 Å². The molecule has 1 fully saturated rings. The van der Waals surface area contributed by atoms with E-state index in [1.54, 1.807) is 12.3 Å². The van der Waals surface area contributed by atoms with E-state index >= 15 is 0 Å². The highest BCUT2D eigenvalue weighted by atomic mass is 16.5. The molecule has 0 unspecified atom stereocenters. The lowest BCUT2D eigenvalue weighted by Gasteiger charge is -2.26. The normalized spacial score (nSPS) is 17.0. The van der Waals surface area contributed by atoms with Crippen LogP contribution >= 0.6 is 0 Å². The minimum absolute atomic E-state index is 0.0722. The topological polar surface area (TPSA) is 97.6 Å². The van der Waals surface area contributed by atoms with Crippen molar-refractivity contribution in [1.82, 2.24) is 15.2 Å². The highest BCUT2D eigenvalue weighted by Crippen LogP contribution is 2.08. The molecule has 0 aromatic carbocycles. The summed E-state index contributed by atoms with van der Waals surface area (Å²) in [7, 11) is 0. The Morgan fingerprint density at radius 2 is 2.04 bits per heavy atom. The van der Waals surface area contributed by atoms with Gasteiger partial charge in [0.25, 0.3) is 5.91 Å². The fraction of sp³-hybridized carbons (Fsp3) is 0.562. The molecule has 1 aromatic rings. The number of rotatable bonds is 6. The van der Waals surface area contributed by atoms with E-state index in [1.165, 1.54) is 0 Å². The van der Waals surface area contributed by atoms with Crippen LogP contribution in [0.1, 0.15) is 29.9 Å². The van der Waals surface area contributed by atoms with Crippen LogP contribution in [0.3, 0.4) is 0 Å². The number of nitrogens with one attached hydrogen (secondary N) is 1. The van der Waals surface area contributed by atoms with Gasteiger partial charge in [-0.25, -0.2) is 0 Å². The number of ether oxygens (including phenoxy) is 1. The van der Waals surface area contributed by atoms with E-state index in [0.29, 0.717) is 0 Å². The maximum Gasteiger partial charge on any atom is 0.270 e. The number of hydrogen-bond donors (Lipinski definition) is 2. The molecule has 2 amide bonds. The summed E-state index contributed by atoms with van der Waals surface area (Å²) < 4.78 is 5.32. The number of aromatic nitrogens is 1. The van der Waals surface area contributed by atoms with Crippen molar-refractivity contribution >= 4 is 11.8 Å². The standard InChI is InChI=1S/C16H24N4O3/c1-11(2)14(15(17)21)19-16(22)13-4-3-12(9-18-13)10-20-5-7-23-8-6-20/h3-4,9,11,14H,5-8,10H2,1-2H3,(H2,17,21)(H,19,22)/t14-/m0/s1. The van der Waals surface area contributed by atoms with Gasteiger partial charge in [-0.1, -0.05) is 19.9 Å². The second-order valence-corrected chi connectivity index (χ2v) is 6.04. The molecule has 1 saturated heterocycles. The van der Waals surface area contributed by atoms with Gasteiger partial charge < -0.3 is 15.8 Å². The third-order valence-corrected chi connectivity index (χ3v) is 3.83. The number of hydrogen-bond acceptors (Lipinski definition) is 5. The number of amides is 2. The molecule has 0 spiro atoms. The molecule has 2 rings (SSSR count). The van der Waals surface area contributed by atoms with Gasteiger partial charge in [-0.05, 0) is 17.5 Å². The Morgan fingerprint density at radius 3 is 2.57 bits per heavy atom. The Kier molecular flexibility index (Phi) is 6.06. The van der Waals surface area contributed by atoms with Crippen molar-refractivity contribution in [2.24, 2.45) is 11.7 Å². The Bertz CT molecular complexity index is 539. The van der Waals surface area contributed by atoms with Crippen molar-refractivity contribution in [3.8, 4) is 0 Å². The van der Waals surface area contributed by atoms with Crippen LogP contribution in [0.15, 0.2) is 18.3 Å². The first-order valence-electron chi connectivity index (χ1n) is 7.82. The van der Waals surface area contributed by atoms with E-state index in [2.05, 4.69) is 15.2 Å². The third kappa shape index (κ3) is 5.01. The second-order valence-electron chi connectivity index (χ2n) is 6.04. The van der Waals surface area contributed by atoms with Gasteiger partial charge >= 0.3 is 0 Å². The highest BCUT2D eigenvalue weighted by Gasteiger charge is 2.22. The van der Waals surface area contributed by atoms with Crippen LogP contribution in [0.25, 0.3) is 0 Å². The van der Waals surface area contributed by atoms with Crippen LogP contribution in [-0.4, -0.2) is 54.0 Å². The van der Waals surface area contributed by atoms with Crippen LogP contribution in [0.5, 0.6) is 0 Å². The maximum atomic E-state index is 12.2. The molecule has 3 N–H and O–H groups in total. The molecule has 23 heavy (non-hydrogen) atoms. The molecule has 126 valence electrons. The number of carbonyl (C=O) groups excluding carboxylic acids is 2. The molecule has 0 bridgehead atoms. The number of pyridine rings is 1. The second kappa shape index (κ2) is 8.03. The molecule has 0 aliphatic carbocycles. The zero-order chi connectivity index (χ0) is 16.8. The quantitative estimate of drug-likeness (QED) is 0.778. The van der Waals surface area contributed by atoms with Gasteiger partial charge in [0.05, 0.1) is 13.2 Å². The zero-order valence-electron chi connectivity index (χ0n) is 13.6. The number of primary amides is 1. The van der Waals surface area contributed by atoms with Gasteiger partial charge in [0.2, 0.25) is 5.91 Å². The van der Waals surface area contributed by atoms with Crippen LogP contribution in [0, 0.1) is 5.92 Å². The summed E-state index contributed by atoms with van der Waals surface area (Å²) in [5, 5.41) is 2.63. The van der Waals surface area contributed by atoms with E-state index in [9.17, 15) is 9.59 Å². The van der Waals surface area contributed by atoms with Crippen molar-refractivity contribution < 1.29 is 14.3 Å². The zero-order valence-corrected chi connectivity index (χ0v) is 13.6. The summed E-state index contributed by atoms with van der Waals surface area (Å²) in [5.74, 6) is -1.00. The first-order valence-corrected chi connectivity index (χ1v) is 7.82. The van der Waals surface area contributed by atoms with E-state index in [1.807, 2.05) is 19.9 Å². The fourth-order valence-electron chi connectivity index (χ4n) is 2.45. The number of carbonyl (C=O) groups is 2. The molecular weight excluding hydrogens is 296 g/mol. The molecule has 7 heteroatoms. The molecule has 7 nitrogen and oxygen atoms in total. The summed E-state index contributed by atoms with van der Waals surface area (Å²) in [4.78, 5) is 30.0.